The Morgan fingerprint density at radius 3 is 2.60 bits per heavy atom. The van der Waals surface area contributed by atoms with Gasteiger partial charge in [-0.15, -0.1) is 0 Å². The molecule has 0 radical (unpaired) electrons. The summed E-state index contributed by atoms with van der Waals surface area (Å²) in [6.45, 7) is 6.23. The first-order valence-corrected chi connectivity index (χ1v) is 9.80. The number of anilines is 2. The van der Waals surface area contributed by atoms with E-state index >= 15 is 0 Å². The molecule has 2 heterocycles. The highest BCUT2D eigenvalue weighted by Gasteiger charge is 2.22. The molecule has 0 saturated heterocycles. The molecule has 156 valence electrons. The number of furan rings is 1. The number of carbonyl (C=O) groups is 1. The topological polar surface area (TPSA) is 94.4 Å². The van der Waals surface area contributed by atoms with Crippen molar-refractivity contribution in [2.24, 2.45) is 0 Å². The number of aromatic nitrogens is 1. The van der Waals surface area contributed by atoms with Gasteiger partial charge in [0, 0.05) is 17.9 Å². The Hall–Kier alpha value is -3.50. The number of para-hydroxylation sites is 1. The van der Waals surface area contributed by atoms with Gasteiger partial charge in [0.1, 0.15) is 17.6 Å². The second-order valence-corrected chi connectivity index (χ2v) is 7.32. The van der Waals surface area contributed by atoms with Gasteiger partial charge in [0.05, 0.1) is 31.0 Å². The molecule has 1 amide bonds. The van der Waals surface area contributed by atoms with Gasteiger partial charge in [0.15, 0.2) is 0 Å². The van der Waals surface area contributed by atoms with Crippen LogP contribution in [0.25, 0.3) is 0 Å². The van der Waals surface area contributed by atoms with Crippen LogP contribution < -0.4 is 10.2 Å². The molecule has 7 heteroatoms. The molecule has 1 atom stereocenters. The van der Waals surface area contributed by atoms with Crippen molar-refractivity contribution in [1.29, 1.82) is 5.26 Å². The van der Waals surface area contributed by atoms with Crippen LogP contribution in [0.5, 0.6) is 0 Å². The molecule has 0 aliphatic heterocycles. The van der Waals surface area contributed by atoms with E-state index in [4.69, 9.17) is 4.42 Å². The first-order chi connectivity index (χ1) is 14.4. The van der Waals surface area contributed by atoms with Crippen LogP contribution in [0.15, 0.2) is 53.1 Å². The lowest BCUT2D eigenvalue weighted by molar-refractivity contribution is -0.115. The van der Waals surface area contributed by atoms with E-state index < -0.39 is 6.10 Å². The SMILES string of the molecule is Cc1c(C#N)c(NC(=O)CN(CC(C)O)c2ccccc2)n(Cc2ccco2)c1C. The Balaban J connectivity index is 1.86. The third kappa shape index (κ3) is 4.73. The van der Waals surface area contributed by atoms with Crippen molar-refractivity contribution in [3.8, 4) is 6.07 Å². The van der Waals surface area contributed by atoms with E-state index in [9.17, 15) is 15.2 Å². The van der Waals surface area contributed by atoms with Crippen molar-refractivity contribution in [1.82, 2.24) is 4.57 Å². The van der Waals surface area contributed by atoms with E-state index in [-0.39, 0.29) is 12.5 Å². The predicted octanol–water partition coefficient (Wildman–Crippen LogP) is 3.44. The van der Waals surface area contributed by atoms with Gasteiger partial charge in [0.2, 0.25) is 5.91 Å². The molecule has 0 saturated carbocycles. The Labute approximate surface area is 176 Å². The highest BCUT2D eigenvalue weighted by molar-refractivity contribution is 5.95. The van der Waals surface area contributed by atoms with Gasteiger partial charge in [0.25, 0.3) is 0 Å². The molecule has 0 bridgehead atoms. The molecule has 1 aromatic carbocycles. The number of carbonyl (C=O) groups excluding carboxylic acids is 1. The average Bonchev–Trinajstić information content (AvgIpc) is 3.31. The first-order valence-electron chi connectivity index (χ1n) is 9.80. The number of nitrogens with zero attached hydrogens (tertiary/aromatic N) is 3. The molecular weight excluding hydrogens is 380 g/mol. The molecule has 3 rings (SSSR count). The standard InChI is InChI=1S/C23H26N4O3/c1-16(28)13-26(19-8-5-4-6-9-19)15-22(29)25-23-21(12-24)17(2)18(3)27(23)14-20-10-7-11-30-20/h4-11,16,28H,13-15H2,1-3H3,(H,25,29). The molecule has 30 heavy (non-hydrogen) atoms. The number of hydrogen-bond acceptors (Lipinski definition) is 5. The van der Waals surface area contributed by atoms with Crippen LogP contribution in [0, 0.1) is 25.2 Å². The summed E-state index contributed by atoms with van der Waals surface area (Å²) in [6.07, 6.45) is 0.998. The molecule has 1 unspecified atom stereocenters. The summed E-state index contributed by atoms with van der Waals surface area (Å²) in [5.41, 5.74) is 2.99. The molecule has 2 aromatic heterocycles. The zero-order valence-electron chi connectivity index (χ0n) is 17.4. The molecular formula is C23H26N4O3. The maximum atomic E-state index is 12.9. The molecule has 2 N–H and O–H groups in total. The summed E-state index contributed by atoms with van der Waals surface area (Å²) in [4.78, 5) is 14.8. The monoisotopic (exact) mass is 406 g/mol. The maximum absolute atomic E-state index is 12.9. The fraction of sp³-hybridized carbons (Fsp3) is 0.304. The third-order valence-corrected chi connectivity index (χ3v) is 5.03. The zero-order chi connectivity index (χ0) is 21.7. The van der Waals surface area contributed by atoms with E-state index in [0.717, 1.165) is 22.7 Å². The van der Waals surface area contributed by atoms with Gasteiger partial charge in [-0.3, -0.25) is 4.79 Å². The van der Waals surface area contributed by atoms with Crippen molar-refractivity contribution >= 4 is 17.4 Å². The fourth-order valence-electron chi connectivity index (χ4n) is 3.45. The van der Waals surface area contributed by atoms with Gasteiger partial charge < -0.3 is 24.3 Å². The fourth-order valence-corrected chi connectivity index (χ4v) is 3.45. The van der Waals surface area contributed by atoms with Gasteiger partial charge in [-0.1, -0.05) is 18.2 Å². The summed E-state index contributed by atoms with van der Waals surface area (Å²) >= 11 is 0. The number of aliphatic hydroxyl groups excluding tert-OH is 1. The summed E-state index contributed by atoms with van der Waals surface area (Å²) < 4.78 is 7.33. The number of nitriles is 1. The van der Waals surface area contributed by atoms with Gasteiger partial charge in [-0.05, 0) is 50.6 Å². The minimum atomic E-state index is -0.597. The highest BCUT2D eigenvalue weighted by atomic mass is 16.3. The van der Waals surface area contributed by atoms with Crippen LogP contribution in [0.1, 0.15) is 29.5 Å². The zero-order valence-corrected chi connectivity index (χ0v) is 17.4. The van der Waals surface area contributed by atoms with E-state index in [2.05, 4.69) is 11.4 Å². The molecule has 3 aromatic rings. The van der Waals surface area contributed by atoms with Crippen LogP contribution >= 0.6 is 0 Å². The van der Waals surface area contributed by atoms with Gasteiger partial charge in [-0.2, -0.15) is 5.26 Å². The number of rotatable bonds is 8. The van der Waals surface area contributed by atoms with E-state index in [0.29, 0.717) is 24.5 Å². The second kappa shape index (κ2) is 9.33. The van der Waals surface area contributed by atoms with Crippen molar-refractivity contribution in [2.45, 2.75) is 33.4 Å². The van der Waals surface area contributed by atoms with Crippen LogP contribution in [0.4, 0.5) is 11.5 Å². The highest BCUT2D eigenvalue weighted by Crippen LogP contribution is 2.27. The molecule has 0 spiro atoms. The van der Waals surface area contributed by atoms with Crippen molar-refractivity contribution in [2.75, 3.05) is 23.3 Å². The minimum absolute atomic E-state index is 0.0454. The summed E-state index contributed by atoms with van der Waals surface area (Å²) in [5.74, 6) is 0.918. The minimum Gasteiger partial charge on any atom is -0.467 e. The lowest BCUT2D eigenvalue weighted by atomic mass is 10.2. The number of amides is 1. The Morgan fingerprint density at radius 1 is 1.27 bits per heavy atom. The van der Waals surface area contributed by atoms with E-state index in [1.54, 1.807) is 19.3 Å². The van der Waals surface area contributed by atoms with Gasteiger partial charge >= 0.3 is 0 Å². The first kappa shape index (κ1) is 21.2. The van der Waals surface area contributed by atoms with Crippen molar-refractivity contribution in [3.05, 3.63) is 71.3 Å². The summed E-state index contributed by atoms with van der Waals surface area (Å²) in [7, 11) is 0. The van der Waals surface area contributed by atoms with Crippen molar-refractivity contribution < 1.29 is 14.3 Å². The summed E-state index contributed by atoms with van der Waals surface area (Å²) in [6, 6.07) is 15.3. The largest absolute Gasteiger partial charge is 0.467 e. The third-order valence-electron chi connectivity index (χ3n) is 5.03. The Kier molecular flexibility index (Phi) is 6.60. The normalized spacial score (nSPS) is 11.7. The smallest absolute Gasteiger partial charge is 0.245 e. The van der Waals surface area contributed by atoms with Gasteiger partial charge in [-0.25, -0.2) is 0 Å². The Bertz CT molecular complexity index is 1030. The Morgan fingerprint density at radius 2 is 2.00 bits per heavy atom. The lowest BCUT2D eigenvalue weighted by Gasteiger charge is -2.25. The number of nitrogens with one attached hydrogen (secondary N) is 1. The lowest BCUT2D eigenvalue weighted by Crippen LogP contribution is -2.38. The van der Waals surface area contributed by atoms with Crippen LogP contribution in [0.2, 0.25) is 0 Å². The average molecular weight is 406 g/mol. The van der Waals surface area contributed by atoms with Crippen molar-refractivity contribution in [3.63, 3.8) is 0 Å². The second-order valence-electron chi connectivity index (χ2n) is 7.32. The number of aliphatic hydroxyl groups is 1. The van der Waals surface area contributed by atoms with Crippen LogP contribution in [0.3, 0.4) is 0 Å². The maximum Gasteiger partial charge on any atom is 0.245 e. The molecule has 0 aliphatic rings. The molecule has 7 nitrogen and oxygen atoms in total. The van der Waals surface area contributed by atoms with E-state index in [1.165, 1.54) is 0 Å². The quantitative estimate of drug-likeness (QED) is 0.598. The molecule has 0 aliphatic carbocycles. The summed E-state index contributed by atoms with van der Waals surface area (Å²) in [5, 5.41) is 22.5. The predicted molar refractivity (Wildman–Crippen MR) is 115 cm³/mol. The molecule has 0 fully saturated rings. The van der Waals surface area contributed by atoms with E-state index in [1.807, 2.05) is 59.7 Å². The van der Waals surface area contributed by atoms with Crippen LogP contribution in [-0.2, 0) is 11.3 Å². The number of hydrogen-bond donors (Lipinski definition) is 2. The number of benzene rings is 1. The van der Waals surface area contributed by atoms with Crippen LogP contribution in [-0.4, -0.2) is 34.8 Å².